The van der Waals surface area contributed by atoms with Crippen LogP contribution < -0.4 is 5.32 Å². The van der Waals surface area contributed by atoms with Gasteiger partial charge in [0.25, 0.3) is 5.91 Å². The number of ether oxygens (including phenoxy) is 1. The van der Waals surface area contributed by atoms with Crippen molar-refractivity contribution in [2.24, 2.45) is 5.92 Å². The molecule has 1 saturated heterocycles. The Labute approximate surface area is 215 Å². The topological polar surface area (TPSA) is 123 Å². The van der Waals surface area contributed by atoms with Crippen molar-refractivity contribution in [3.8, 4) is 6.07 Å². The van der Waals surface area contributed by atoms with Gasteiger partial charge in [-0.1, -0.05) is 57.2 Å². The number of likely N-dealkylation sites (tertiary alicyclic amines) is 1. The van der Waals surface area contributed by atoms with Gasteiger partial charge in [0.15, 0.2) is 5.78 Å². The van der Waals surface area contributed by atoms with Crippen LogP contribution >= 0.6 is 0 Å². The van der Waals surface area contributed by atoms with E-state index >= 15 is 0 Å². The van der Waals surface area contributed by atoms with Crippen LogP contribution in [-0.4, -0.2) is 72.1 Å². The van der Waals surface area contributed by atoms with Gasteiger partial charge >= 0.3 is 7.12 Å². The molecule has 36 heavy (non-hydrogen) atoms. The van der Waals surface area contributed by atoms with E-state index in [1.165, 1.54) is 0 Å². The summed E-state index contributed by atoms with van der Waals surface area (Å²) in [5.41, 5.74) is 1.09. The summed E-state index contributed by atoms with van der Waals surface area (Å²) in [5, 5.41) is 32.3. The standard InChI is InChI=1S/C27H40BN3O5/c1-4-30-25(26(32)16-23(28(34)35)15-21-10-6-5-7-11-21)19-36-18-24-12-8-9-13-31(24)27(33)22(17-29)14-20(2)3/h5-7,10-11,14,20,23-25,30,34-35H,4,8-9,12-13,15-16,18-19H2,1-3H3/t23-,24-,25+/m1/s1. The minimum Gasteiger partial charge on any atom is -0.427 e. The van der Waals surface area contributed by atoms with Crippen LogP contribution in [0.5, 0.6) is 0 Å². The number of benzene rings is 1. The minimum atomic E-state index is -1.60. The molecule has 3 atom stereocenters. The Balaban J connectivity index is 1.98. The summed E-state index contributed by atoms with van der Waals surface area (Å²) in [6.07, 6.45) is 4.71. The predicted molar refractivity (Wildman–Crippen MR) is 140 cm³/mol. The van der Waals surface area contributed by atoms with Gasteiger partial charge < -0.3 is 25.0 Å². The number of piperidine rings is 1. The Hall–Kier alpha value is -2.51. The minimum absolute atomic E-state index is 0.00710. The molecule has 2 rings (SSSR count). The number of Topliss-reactive ketones (excluding diaryl/α,β-unsaturated/α-hetero) is 1. The van der Waals surface area contributed by atoms with E-state index in [4.69, 9.17) is 4.74 Å². The van der Waals surface area contributed by atoms with Gasteiger partial charge in [0.1, 0.15) is 11.6 Å². The molecule has 1 fully saturated rings. The van der Waals surface area contributed by atoms with Gasteiger partial charge in [0.05, 0.1) is 25.3 Å². The molecule has 196 valence electrons. The fourth-order valence-corrected chi connectivity index (χ4v) is 4.52. The second-order valence-electron chi connectivity index (χ2n) is 9.77. The van der Waals surface area contributed by atoms with E-state index < -0.39 is 19.0 Å². The molecule has 3 N–H and O–H groups in total. The number of nitrogens with zero attached hydrogens (tertiary/aromatic N) is 2. The Morgan fingerprint density at radius 3 is 2.61 bits per heavy atom. The molecule has 0 spiro atoms. The number of amides is 1. The molecule has 1 amide bonds. The average molecular weight is 497 g/mol. The first-order chi connectivity index (χ1) is 17.3. The second kappa shape index (κ2) is 15.6. The van der Waals surface area contributed by atoms with E-state index in [9.17, 15) is 24.9 Å². The van der Waals surface area contributed by atoms with Crippen LogP contribution in [0.1, 0.15) is 52.0 Å². The summed E-state index contributed by atoms with van der Waals surface area (Å²) in [5.74, 6) is -0.934. The van der Waals surface area contributed by atoms with Gasteiger partial charge in [-0.15, -0.1) is 0 Å². The van der Waals surface area contributed by atoms with Crippen LogP contribution in [-0.2, 0) is 20.7 Å². The number of ketones is 1. The van der Waals surface area contributed by atoms with Crippen molar-refractivity contribution in [3.63, 3.8) is 0 Å². The molecule has 0 bridgehead atoms. The summed E-state index contributed by atoms with van der Waals surface area (Å²) < 4.78 is 5.94. The van der Waals surface area contributed by atoms with E-state index in [1.807, 2.05) is 57.2 Å². The fraction of sp³-hybridized carbons (Fsp3) is 0.593. The highest BCUT2D eigenvalue weighted by molar-refractivity contribution is 6.43. The number of likely N-dealkylation sites (N-methyl/N-ethyl adjacent to an activating group) is 1. The molecule has 8 nitrogen and oxygen atoms in total. The van der Waals surface area contributed by atoms with Crippen LogP contribution in [0.4, 0.5) is 0 Å². The third-order valence-electron chi connectivity index (χ3n) is 6.40. The number of hydrogen-bond acceptors (Lipinski definition) is 7. The molecule has 1 aromatic rings. The molecule has 0 unspecified atom stereocenters. The zero-order valence-electron chi connectivity index (χ0n) is 21.7. The van der Waals surface area contributed by atoms with E-state index in [0.717, 1.165) is 24.8 Å². The van der Waals surface area contributed by atoms with Crippen molar-refractivity contribution < 1.29 is 24.4 Å². The normalized spacial score (nSPS) is 18.0. The number of nitriles is 1. The van der Waals surface area contributed by atoms with E-state index in [1.54, 1.807) is 11.0 Å². The summed E-state index contributed by atoms with van der Waals surface area (Å²) >= 11 is 0. The van der Waals surface area contributed by atoms with Gasteiger partial charge in [-0.2, -0.15) is 5.26 Å². The van der Waals surface area contributed by atoms with Crippen LogP contribution in [0, 0.1) is 17.2 Å². The van der Waals surface area contributed by atoms with Crippen molar-refractivity contribution >= 4 is 18.8 Å². The first-order valence-electron chi connectivity index (χ1n) is 12.9. The molecular formula is C27H40BN3O5. The van der Waals surface area contributed by atoms with Gasteiger partial charge in [-0.05, 0) is 43.7 Å². The third-order valence-corrected chi connectivity index (χ3v) is 6.40. The maximum absolute atomic E-state index is 13.1. The smallest absolute Gasteiger partial charge is 0.427 e. The molecule has 0 aromatic heterocycles. The molecule has 1 aliphatic rings. The first kappa shape index (κ1) is 29.7. The Morgan fingerprint density at radius 2 is 2.00 bits per heavy atom. The lowest BCUT2D eigenvalue weighted by Crippen LogP contribution is -2.48. The SMILES string of the molecule is CCN[C@@H](COC[C@H]1CCCCN1C(=O)C(C#N)=CC(C)C)C(=O)C[C@@H](Cc1ccccc1)B(O)O. The van der Waals surface area contributed by atoms with Crippen molar-refractivity contribution in [1.82, 2.24) is 10.2 Å². The van der Waals surface area contributed by atoms with Crippen LogP contribution in [0.15, 0.2) is 42.0 Å². The lowest BCUT2D eigenvalue weighted by atomic mass is 9.66. The molecular weight excluding hydrogens is 457 g/mol. The van der Waals surface area contributed by atoms with Crippen molar-refractivity contribution in [2.75, 3.05) is 26.3 Å². The molecule has 9 heteroatoms. The summed E-state index contributed by atoms with van der Waals surface area (Å²) in [7, 11) is -1.60. The molecule has 0 aliphatic carbocycles. The lowest BCUT2D eigenvalue weighted by Gasteiger charge is -2.35. The van der Waals surface area contributed by atoms with Crippen LogP contribution in [0.25, 0.3) is 0 Å². The Kier molecular flexibility index (Phi) is 12.9. The number of hydrogen-bond donors (Lipinski definition) is 3. The third kappa shape index (κ3) is 9.51. The number of carbonyl (C=O) groups is 2. The molecule has 1 aliphatic heterocycles. The zero-order valence-corrected chi connectivity index (χ0v) is 21.7. The van der Waals surface area contributed by atoms with Crippen molar-refractivity contribution in [3.05, 3.63) is 47.5 Å². The average Bonchev–Trinajstić information content (AvgIpc) is 2.86. The van der Waals surface area contributed by atoms with Crippen molar-refractivity contribution in [1.29, 1.82) is 5.26 Å². The van der Waals surface area contributed by atoms with Gasteiger partial charge in [-0.3, -0.25) is 9.59 Å². The number of allylic oxidation sites excluding steroid dienone is 1. The molecule has 0 saturated carbocycles. The molecule has 1 heterocycles. The van der Waals surface area contributed by atoms with Gasteiger partial charge in [0.2, 0.25) is 0 Å². The highest BCUT2D eigenvalue weighted by Crippen LogP contribution is 2.22. The van der Waals surface area contributed by atoms with Gasteiger partial charge in [0, 0.05) is 18.8 Å². The molecule has 0 radical (unpaired) electrons. The number of carbonyl (C=O) groups excluding carboxylic acids is 2. The first-order valence-corrected chi connectivity index (χ1v) is 12.9. The van der Waals surface area contributed by atoms with E-state index in [0.29, 0.717) is 19.5 Å². The lowest BCUT2D eigenvalue weighted by molar-refractivity contribution is -0.132. The van der Waals surface area contributed by atoms with Crippen molar-refractivity contribution in [2.45, 2.75) is 70.8 Å². The second-order valence-corrected chi connectivity index (χ2v) is 9.77. The number of nitrogens with one attached hydrogen (secondary N) is 1. The largest absolute Gasteiger partial charge is 0.455 e. The number of rotatable bonds is 14. The summed E-state index contributed by atoms with van der Waals surface area (Å²) in [6.45, 7) is 7.29. The highest BCUT2D eigenvalue weighted by Gasteiger charge is 2.31. The Morgan fingerprint density at radius 1 is 1.28 bits per heavy atom. The zero-order chi connectivity index (χ0) is 26.5. The highest BCUT2D eigenvalue weighted by atomic mass is 16.5. The molecule has 1 aromatic carbocycles. The monoisotopic (exact) mass is 497 g/mol. The van der Waals surface area contributed by atoms with E-state index in [-0.39, 0.29) is 48.9 Å². The summed E-state index contributed by atoms with van der Waals surface area (Å²) in [4.78, 5) is 27.8. The summed E-state index contributed by atoms with van der Waals surface area (Å²) in [6, 6.07) is 10.7. The fourth-order valence-electron chi connectivity index (χ4n) is 4.52. The quantitative estimate of drug-likeness (QED) is 0.205. The van der Waals surface area contributed by atoms with Crippen LogP contribution in [0.3, 0.4) is 0 Å². The Bertz CT molecular complexity index is 900. The van der Waals surface area contributed by atoms with E-state index in [2.05, 4.69) is 5.32 Å². The maximum Gasteiger partial charge on any atom is 0.455 e. The van der Waals surface area contributed by atoms with Crippen LogP contribution in [0.2, 0.25) is 5.82 Å². The predicted octanol–water partition coefficient (Wildman–Crippen LogP) is 2.51. The van der Waals surface area contributed by atoms with Gasteiger partial charge in [-0.25, -0.2) is 0 Å². The maximum atomic E-state index is 13.1.